The van der Waals surface area contributed by atoms with Gasteiger partial charge in [-0.15, -0.1) is 0 Å². The highest BCUT2D eigenvalue weighted by molar-refractivity contribution is 5.63. The van der Waals surface area contributed by atoms with E-state index in [1.807, 2.05) is 24.3 Å². The maximum atomic E-state index is 13.5. The van der Waals surface area contributed by atoms with E-state index in [1.54, 1.807) is 7.05 Å². The molecule has 146 valence electrons. The number of hydrogen-bond acceptors (Lipinski definition) is 4. The molecule has 1 aromatic carbocycles. The molecule has 3 rings (SSSR count). The van der Waals surface area contributed by atoms with Crippen LogP contribution in [0, 0.1) is 0 Å². The van der Waals surface area contributed by atoms with E-state index in [0.29, 0.717) is 5.69 Å². The first-order chi connectivity index (χ1) is 12.9. The van der Waals surface area contributed by atoms with E-state index in [-0.39, 0.29) is 17.9 Å². The zero-order valence-electron chi connectivity index (χ0n) is 15.6. The van der Waals surface area contributed by atoms with E-state index in [9.17, 15) is 13.2 Å². The summed E-state index contributed by atoms with van der Waals surface area (Å²) in [5.74, 6) is -0.200. The number of alkyl halides is 3. The number of anilines is 2. The summed E-state index contributed by atoms with van der Waals surface area (Å²) in [6.45, 7) is 2.09. The normalized spacial score (nSPS) is 15.1. The summed E-state index contributed by atoms with van der Waals surface area (Å²) in [5.41, 5.74) is 0.908. The first-order valence-electron chi connectivity index (χ1n) is 9.32. The average molecular weight is 379 g/mol. The predicted molar refractivity (Wildman–Crippen MR) is 98.4 cm³/mol. The summed E-state index contributed by atoms with van der Waals surface area (Å²) in [4.78, 5) is 9.35. The van der Waals surface area contributed by atoms with Crippen LogP contribution in [0.2, 0.25) is 0 Å². The van der Waals surface area contributed by atoms with Crippen LogP contribution in [0.25, 0.3) is 0 Å². The number of benzene rings is 1. The van der Waals surface area contributed by atoms with Crippen molar-refractivity contribution in [2.24, 2.45) is 0 Å². The van der Waals surface area contributed by atoms with Gasteiger partial charge < -0.3 is 9.64 Å². The van der Waals surface area contributed by atoms with Crippen molar-refractivity contribution in [3.05, 3.63) is 41.6 Å². The van der Waals surface area contributed by atoms with Crippen molar-refractivity contribution in [1.82, 2.24) is 9.97 Å². The quantitative estimate of drug-likeness (QED) is 0.661. The second-order valence-electron chi connectivity index (χ2n) is 6.89. The molecule has 1 aliphatic carbocycles. The van der Waals surface area contributed by atoms with E-state index >= 15 is 0 Å². The fourth-order valence-corrected chi connectivity index (χ4v) is 3.32. The molecular weight excluding hydrogens is 355 g/mol. The zero-order valence-corrected chi connectivity index (χ0v) is 15.6. The van der Waals surface area contributed by atoms with Crippen molar-refractivity contribution >= 4 is 11.5 Å². The molecule has 1 aromatic heterocycles. The minimum atomic E-state index is -4.54. The van der Waals surface area contributed by atoms with Crippen LogP contribution in [-0.2, 0) is 12.6 Å². The van der Waals surface area contributed by atoms with Gasteiger partial charge in [-0.2, -0.15) is 18.2 Å². The Morgan fingerprint density at radius 3 is 2.41 bits per heavy atom. The molecule has 0 N–H and O–H groups in total. The van der Waals surface area contributed by atoms with Gasteiger partial charge in [0.1, 0.15) is 11.7 Å². The zero-order chi connectivity index (χ0) is 19.4. The summed E-state index contributed by atoms with van der Waals surface area (Å²) >= 11 is 0. The van der Waals surface area contributed by atoms with Crippen LogP contribution < -0.4 is 9.64 Å². The molecule has 0 bridgehead atoms. The number of halogens is 3. The van der Waals surface area contributed by atoms with Gasteiger partial charge in [0.15, 0.2) is 5.82 Å². The van der Waals surface area contributed by atoms with E-state index in [2.05, 4.69) is 16.9 Å². The van der Waals surface area contributed by atoms with Crippen molar-refractivity contribution in [1.29, 1.82) is 0 Å². The Hall–Kier alpha value is -2.31. The van der Waals surface area contributed by atoms with E-state index < -0.39 is 11.7 Å². The van der Waals surface area contributed by atoms with Crippen LogP contribution in [-0.4, -0.2) is 23.1 Å². The predicted octanol–water partition coefficient (Wildman–Crippen LogP) is 5.54. The molecular formula is C20H24F3N3O. The lowest BCUT2D eigenvalue weighted by molar-refractivity contribution is -0.137. The van der Waals surface area contributed by atoms with Gasteiger partial charge in [0.25, 0.3) is 0 Å². The van der Waals surface area contributed by atoms with E-state index in [0.717, 1.165) is 50.3 Å². The topological polar surface area (TPSA) is 38.2 Å². The molecule has 2 aromatic rings. The third kappa shape index (κ3) is 4.70. The Morgan fingerprint density at radius 2 is 1.81 bits per heavy atom. The van der Waals surface area contributed by atoms with Crippen molar-refractivity contribution < 1.29 is 17.9 Å². The lowest BCUT2D eigenvalue weighted by atomic mass is 10.1. The Morgan fingerprint density at radius 1 is 1.15 bits per heavy atom. The largest absolute Gasteiger partial charge is 0.460 e. The molecule has 0 unspecified atom stereocenters. The average Bonchev–Trinajstić information content (AvgIpc) is 3.14. The fourth-order valence-electron chi connectivity index (χ4n) is 3.32. The molecule has 0 radical (unpaired) electrons. The monoisotopic (exact) mass is 379 g/mol. The fraction of sp³-hybridized carbons (Fsp3) is 0.500. The number of aromatic nitrogens is 2. The molecule has 4 nitrogen and oxygen atoms in total. The van der Waals surface area contributed by atoms with Gasteiger partial charge in [0.2, 0.25) is 0 Å². The summed E-state index contributed by atoms with van der Waals surface area (Å²) in [6, 6.07) is 7.48. The van der Waals surface area contributed by atoms with Gasteiger partial charge in [-0.3, -0.25) is 0 Å². The SMILES string of the molecule is CCCc1ccc(N(C)c2nc(OC3CCCC3)ncc2C(F)(F)F)cc1. The minimum absolute atomic E-state index is 0.000599. The maximum absolute atomic E-state index is 13.5. The molecule has 1 saturated carbocycles. The van der Waals surface area contributed by atoms with Crippen LogP contribution in [0.3, 0.4) is 0 Å². The number of ether oxygens (including phenoxy) is 1. The highest BCUT2D eigenvalue weighted by atomic mass is 19.4. The first-order valence-corrected chi connectivity index (χ1v) is 9.32. The molecule has 1 fully saturated rings. The molecule has 0 amide bonds. The number of nitrogens with zero attached hydrogens (tertiary/aromatic N) is 3. The van der Waals surface area contributed by atoms with Gasteiger partial charge in [-0.25, -0.2) is 4.98 Å². The number of aryl methyl sites for hydroxylation is 1. The van der Waals surface area contributed by atoms with Gasteiger partial charge in [-0.1, -0.05) is 25.5 Å². The lowest BCUT2D eigenvalue weighted by Gasteiger charge is -2.23. The second-order valence-corrected chi connectivity index (χ2v) is 6.89. The highest BCUT2D eigenvalue weighted by Crippen LogP contribution is 2.38. The highest BCUT2D eigenvalue weighted by Gasteiger charge is 2.37. The third-order valence-electron chi connectivity index (χ3n) is 4.81. The van der Waals surface area contributed by atoms with Crippen LogP contribution >= 0.6 is 0 Å². The maximum Gasteiger partial charge on any atom is 0.421 e. The minimum Gasteiger partial charge on any atom is -0.460 e. The Kier molecular flexibility index (Phi) is 5.87. The molecule has 1 aliphatic rings. The van der Waals surface area contributed by atoms with Crippen molar-refractivity contribution in [2.45, 2.75) is 57.7 Å². The van der Waals surface area contributed by atoms with Gasteiger partial charge in [-0.05, 0) is 49.8 Å². The molecule has 7 heteroatoms. The Labute approximate surface area is 157 Å². The second kappa shape index (κ2) is 8.15. The lowest BCUT2D eigenvalue weighted by Crippen LogP contribution is -2.20. The smallest absolute Gasteiger partial charge is 0.421 e. The Bertz CT molecular complexity index is 756. The number of rotatable bonds is 6. The van der Waals surface area contributed by atoms with Gasteiger partial charge in [0, 0.05) is 18.9 Å². The molecule has 0 atom stereocenters. The van der Waals surface area contributed by atoms with Crippen molar-refractivity contribution in [2.75, 3.05) is 11.9 Å². The van der Waals surface area contributed by atoms with Crippen LogP contribution in [0.1, 0.15) is 50.2 Å². The molecule has 0 saturated heterocycles. The van der Waals surface area contributed by atoms with Crippen LogP contribution in [0.15, 0.2) is 30.5 Å². The van der Waals surface area contributed by atoms with Crippen molar-refractivity contribution in [3.8, 4) is 6.01 Å². The Balaban J connectivity index is 1.91. The number of hydrogen-bond donors (Lipinski definition) is 0. The standard InChI is InChI=1S/C20H24F3N3O/c1-3-6-14-9-11-15(12-10-14)26(2)18-17(20(21,22)23)13-24-19(25-18)27-16-7-4-5-8-16/h9-13,16H,3-8H2,1-2H3. The van der Waals surface area contributed by atoms with Crippen LogP contribution in [0.4, 0.5) is 24.7 Å². The van der Waals surface area contributed by atoms with Gasteiger partial charge >= 0.3 is 12.2 Å². The molecule has 0 aliphatic heterocycles. The van der Waals surface area contributed by atoms with Gasteiger partial charge in [0.05, 0.1) is 0 Å². The first kappa shape index (κ1) is 19.5. The molecule has 1 heterocycles. The summed E-state index contributed by atoms with van der Waals surface area (Å²) in [6.07, 6.45) is 2.08. The van der Waals surface area contributed by atoms with Crippen LogP contribution in [0.5, 0.6) is 6.01 Å². The summed E-state index contributed by atoms with van der Waals surface area (Å²) < 4.78 is 46.1. The summed E-state index contributed by atoms with van der Waals surface area (Å²) in [7, 11) is 1.58. The van der Waals surface area contributed by atoms with Crippen molar-refractivity contribution in [3.63, 3.8) is 0 Å². The third-order valence-corrected chi connectivity index (χ3v) is 4.81. The van der Waals surface area contributed by atoms with E-state index in [4.69, 9.17) is 4.74 Å². The van der Waals surface area contributed by atoms with E-state index in [1.165, 1.54) is 4.90 Å². The molecule has 0 spiro atoms. The summed E-state index contributed by atoms with van der Waals surface area (Å²) in [5, 5.41) is 0. The molecule has 27 heavy (non-hydrogen) atoms.